The normalized spacial score (nSPS) is 21.3. The van der Waals surface area contributed by atoms with Crippen LogP contribution in [0.3, 0.4) is 0 Å². The molecule has 1 heterocycles. The van der Waals surface area contributed by atoms with Crippen LogP contribution in [0.15, 0.2) is 4.99 Å². The van der Waals surface area contributed by atoms with Gasteiger partial charge >= 0.3 is 0 Å². The van der Waals surface area contributed by atoms with Crippen LogP contribution < -0.4 is 10.6 Å². The fraction of sp³-hybridized carbons (Fsp3) is 0.938. The molecule has 2 rings (SSSR count). The highest BCUT2D eigenvalue weighted by Gasteiger charge is 2.27. The monoisotopic (exact) mass is 440 g/mol. The Labute approximate surface area is 157 Å². The third-order valence-electron chi connectivity index (χ3n) is 4.24. The molecule has 6 nitrogen and oxygen atoms in total. The minimum Gasteiger partial charge on any atom is -0.379 e. The van der Waals surface area contributed by atoms with E-state index in [4.69, 9.17) is 9.47 Å². The van der Waals surface area contributed by atoms with Crippen molar-refractivity contribution < 1.29 is 9.47 Å². The molecule has 1 saturated heterocycles. The maximum absolute atomic E-state index is 5.75. The molecule has 0 aromatic rings. The van der Waals surface area contributed by atoms with Gasteiger partial charge < -0.3 is 20.1 Å². The lowest BCUT2D eigenvalue weighted by atomic mass is 10.3. The van der Waals surface area contributed by atoms with Gasteiger partial charge in [-0.2, -0.15) is 0 Å². The SMILES string of the molecule is CCN(CCNC(=NC)NCCCOC1CCOC1)C1CC1.I. The summed E-state index contributed by atoms with van der Waals surface area (Å²) in [5.41, 5.74) is 0. The average Bonchev–Trinajstić information content (AvgIpc) is 3.25. The summed E-state index contributed by atoms with van der Waals surface area (Å²) in [6, 6.07) is 0.832. The summed E-state index contributed by atoms with van der Waals surface area (Å²) in [4.78, 5) is 6.80. The van der Waals surface area contributed by atoms with E-state index in [-0.39, 0.29) is 24.0 Å². The summed E-state index contributed by atoms with van der Waals surface area (Å²) in [6.07, 6.45) is 5.06. The Bertz CT molecular complexity index is 334. The molecule has 1 saturated carbocycles. The Morgan fingerprint density at radius 2 is 2.04 bits per heavy atom. The van der Waals surface area contributed by atoms with Crippen LogP contribution >= 0.6 is 24.0 Å². The van der Waals surface area contributed by atoms with Gasteiger partial charge in [-0.05, 0) is 32.2 Å². The molecule has 1 aliphatic heterocycles. The molecular formula is C16H33IN4O2. The summed E-state index contributed by atoms with van der Waals surface area (Å²) < 4.78 is 11.0. The topological polar surface area (TPSA) is 58.1 Å². The summed E-state index contributed by atoms with van der Waals surface area (Å²) in [6.45, 7) is 8.67. The van der Waals surface area contributed by atoms with Gasteiger partial charge in [0.05, 0.1) is 12.7 Å². The Morgan fingerprint density at radius 1 is 1.26 bits per heavy atom. The lowest BCUT2D eigenvalue weighted by Crippen LogP contribution is -2.42. The molecule has 0 amide bonds. The molecule has 0 aromatic heterocycles. The van der Waals surface area contributed by atoms with Crippen molar-refractivity contribution in [1.82, 2.24) is 15.5 Å². The molecule has 2 N–H and O–H groups in total. The fourth-order valence-electron chi connectivity index (χ4n) is 2.75. The number of aliphatic imine (C=N–C) groups is 1. The smallest absolute Gasteiger partial charge is 0.191 e. The predicted molar refractivity (Wildman–Crippen MR) is 105 cm³/mol. The van der Waals surface area contributed by atoms with Crippen molar-refractivity contribution in [2.45, 2.75) is 44.8 Å². The molecule has 7 heteroatoms. The Morgan fingerprint density at radius 3 is 2.65 bits per heavy atom. The number of rotatable bonds is 10. The van der Waals surface area contributed by atoms with E-state index in [2.05, 4.69) is 27.4 Å². The zero-order valence-electron chi connectivity index (χ0n) is 14.6. The number of hydrogen-bond acceptors (Lipinski definition) is 4. The minimum absolute atomic E-state index is 0. The molecule has 2 fully saturated rings. The largest absolute Gasteiger partial charge is 0.379 e. The van der Waals surface area contributed by atoms with E-state index in [9.17, 15) is 0 Å². The predicted octanol–water partition coefficient (Wildman–Crippen LogP) is 1.45. The maximum Gasteiger partial charge on any atom is 0.191 e. The van der Waals surface area contributed by atoms with E-state index in [1.54, 1.807) is 0 Å². The molecule has 23 heavy (non-hydrogen) atoms. The molecule has 1 aliphatic carbocycles. The summed E-state index contributed by atoms with van der Waals surface area (Å²) >= 11 is 0. The van der Waals surface area contributed by atoms with Crippen molar-refractivity contribution in [3.8, 4) is 0 Å². The molecule has 1 atom stereocenters. The third-order valence-corrected chi connectivity index (χ3v) is 4.24. The number of nitrogens with zero attached hydrogens (tertiary/aromatic N) is 2. The average molecular weight is 440 g/mol. The number of ether oxygens (including phenoxy) is 2. The fourth-order valence-corrected chi connectivity index (χ4v) is 2.75. The third kappa shape index (κ3) is 8.51. The van der Waals surface area contributed by atoms with Crippen LogP contribution in [0.4, 0.5) is 0 Å². The van der Waals surface area contributed by atoms with Crippen LogP contribution in [-0.4, -0.2) is 76.1 Å². The van der Waals surface area contributed by atoms with Crippen LogP contribution in [0.2, 0.25) is 0 Å². The number of nitrogens with one attached hydrogen (secondary N) is 2. The zero-order valence-corrected chi connectivity index (χ0v) is 16.9. The van der Waals surface area contributed by atoms with Crippen molar-refractivity contribution in [3.63, 3.8) is 0 Å². The molecule has 136 valence electrons. The highest BCUT2D eigenvalue weighted by Crippen LogP contribution is 2.25. The van der Waals surface area contributed by atoms with Gasteiger partial charge in [-0.3, -0.25) is 9.89 Å². The second kappa shape index (κ2) is 12.3. The van der Waals surface area contributed by atoms with Gasteiger partial charge in [-0.1, -0.05) is 6.92 Å². The van der Waals surface area contributed by atoms with Crippen molar-refractivity contribution in [2.24, 2.45) is 4.99 Å². The van der Waals surface area contributed by atoms with Crippen LogP contribution in [0.25, 0.3) is 0 Å². The van der Waals surface area contributed by atoms with Gasteiger partial charge in [0, 0.05) is 45.9 Å². The Kier molecular flexibility index (Phi) is 11.2. The van der Waals surface area contributed by atoms with Gasteiger partial charge in [0.1, 0.15) is 0 Å². The standard InChI is InChI=1S/C16H32N4O2.HI/c1-3-20(14-5-6-14)10-9-19-16(17-2)18-8-4-11-22-15-7-12-21-13-15;/h14-15H,3-13H2,1-2H3,(H2,17,18,19);1H. The van der Waals surface area contributed by atoms with E-state index in [1.165, 1.54) is 12.8 Å². The van der Waals surface area contributed by atoms with E-state index in [0.717, 1.165) is 70.8 Å². The van der Waals surface area contributed by atoms with Crippen molar-refractivity contribution in [3.05, 3.63) is 0 Å². The Hall–Kier alpha value is -0.120. The number of hydrogen-bond donors (Lipinski definition) is 2. The summed E-state index contributed by atoms with van der Waals surface area (Å²) in [5, 5.41) is 6.73. The first-order chi connectivity index (χ1) is 10.8. The molecule has 1 unspecified atom stereocenters. The minimum atomic E-state index is 0. The number of likely N-dealkylation sites (N-methyl/N-ethyl adjacent to an activating group) is 1. The van der Waals surface area contributed by atoms with Crippen LogP contribution in [0, 0.1) is 0 Å². The van der Waals surface area contributed by atoms with Crippen molar-refractivity contribution >= 4 is 29.9 Å². The first-order valence-electron chi connectivity index (χ1n) is 8.71. The van der Waals surface area contributed by atoms with Crippen molar-refractivity contribution in [2.75, 3.05) is 53.0 Å². The molecule has 0 bridgehead atoms. The maximum atomic E-state index is 5.75. The van der Waals surface area contributed by atoms with Crippen LogP contribution in [0.5, 0.6) is 0 Å². The molecular weight excluding hydrogens is 407 g/mol. The lowest BCUT2D eigenvalue weighted by molar-refractivity contribution is 0.0420. The first-order valence-corrected chi connectivity index (χ1v) is 8.71. The second-order valence-corrected chi connectivity index (χ2v) is 6.00. The van der Waals surface area contributed by atoms with Gasteiger partial charge in [0.25, 0.3) is 0 Å². The number of guanidine groups is 1. The van der Waals surface area contributed by atoms with E-state index >= 15 is 0 Å². The highest BCUT2D eigenvalue weighted by molar-refractivity contribution is 14.0. The lowest BCUT2D eigenvalue weighted by Gasteiger charge is -2.20. The molecule has 0 aromatic carbocycles. The van der Waals surface area contributed by atoms with Crippen LogP contribution in [0.1, 0.15) is 32.6 Å². The second-order valence-electron chi connectivity index (χ2n) is 6.00. The summed E-state index contributed by atoms with van der Waals surface area (Å²) in [7, 11) is 1.82. The number of halogens is 1. The Balaban J connectivity index is 0.00000264. The van der Waals surface area contributed by atoms with E-state index in [1.807, 2.05) is 7.05 Å². The summed E-state index contributed by atoms with van der Waals surface area (Å²) in [5.74, 6) is 0.885. The molecule has 0 radical (unpaired) electrons. The van der Waals surface area contributed by atoms with Gasteiger partial charge in [-0.15, -0.1) is 24.0 Å². The zero-order chi connectivity index (χ0) is 15.6. The molecule has 0 spiro atoms. The first kappa shape index (κ1) is 20.9. The van der Waals surface area contributed by atoms with E-state index in [0.29, 0.717) is 6.10 Å². The van der Waals surface area contributed by atoms with E-state index < -0.39 is 0 Å². The highest BCUT2D eigenvalue weighted by atomic mass is 127. The molecule has 2 aliphatic rings. The van der Waals surface area contributed by atoms with Gasteiger partial charge in [0.15, 0.2) is 5.96 Å². The van der Waals surface area contributed by atoms with Crippen LogP contribution in [-0.2, 0) is 9.47 Å². The van der Waals surface area contributed by atoms with Gasteiger partial charge in [0.2, 0.25) is 0 Å². The van der Waals surface area contributed by atoms with Gasteiger partial charge in [-0.25, -0.2) is 0 Å². The quantitative estimate of drug-likeness (QED) is 0.233. The van der Waals surface area contributed by atoms with Crippen molar-refractivity contribution in [1.29, 1.82) is 0 Å².